The van der Waals surface area contributed by atoms with Crippen LogP contribution < -0.4 is 5.32 Å². The van der Waals surface area contributed by atoms with Crippen LogP contribution in [0.3, 0.4) is 0 Å². The number of nitrogens with one attached hydrogen (secondary N) is 1. The van der Waals surface area contributed by atoms with E-state index in [1.807, 2.05) is 0 Å². The Hall–Kier alpha value is -1.79. The van der Waals surface area contributed by atoms with Crippen LogP contribution in [-0.4, -0.2) is 29.9 Å². The van der Waals surface area contributed by atoms with Gasteiger partial charge in [0.2, 0.25) is 5.91 Å². The van der Waals surface area contributed by atoms with Crippen molar-refractivity contribution in [2.45, 2.75) is 25.8 Å². The molecule has 1 fully saturated rings. The largest absolute Gasteiger partial charge is 0.369 e. The fourth-order valence-electron chi connectivity index (χ4n) is 2.19. The fraction of sp³-hybridized carbons (Fsp3) is 0.462. The Bertz CT molecular complexity index is 503. The fourth-order valence-corrected chi connectivity index (χ4v) is 2.19. The zero-order chi connectivity index (χ0) is 14.9. The van der Waals surface area contributed by atoms with Crippen LogP contribution in [-0.2, 0) is 4.79 Å². The van der Waals surface area contributed by atoms with Crippen molar-refractivity contribution in [1.29, 1.82) is 0 Å². The minimum absolute atomic E-state index is 0.128. The predicted octanol–water partition coefficient (Wildman–Crippen LogP) is 2.67. The van der Waals surface area contributed by atoms with Crippen molar-refractivity contribution in [2.75, 3.05) is 18.4 Å². The molecule has 0 spiro atoms. The SMILES string of the molecule is CC(Nc1c(F)c(F)cc(F)c1F)C(=O)N1CCCC1. The normalized spacial score (nSPS) is 16.4. The van der Waals surface area contributed by atoms with Gasteiger partial charge in [-0.05, 0) is 19.8 Å². The Morgan fingerprint density at radius 1 is 1.15 bits per heavy atom. The van der Waals surface area contributed by atoms with Gasteiger partial charge in [0.05, 0.1) is 0 Å². The number of halogens is 4. The zero-order valence-corrected chi connectivity index (χ0v) is 10.9. The van der Waals surface area contributed by atoms with Gasteiger partial charge in [0.25, 0.3) is 0 Å². The quantitative estimate of drug-likeness (QED) is 0.685. The monoisotopic (exact) mass is 290 g/mol. The van der Waals surface area contributed by atoms with E-state index in [0.717, 1.165) is 12.8 Å². The van der Waals surface area contributed by atoms with E-state index in [0.29, 0.717) is 13.1 Å². The Morgan fingerprint density at radius 3 is 2.15 bits per heavy atom. The van der Waals surface area contributed by atoms with Gasteiger partial charge < -0.3 is 10.2 Å². The minimum Gasteiger partial charge on any atom is -0.369 e. The molecule has 20 heavy (non-hydrogen) atoms. The van der Waals surface area contributed by atoms with Gasteiger partial charge in [0, 0.05) is 19.2 Å². The molecule has 2 rings (SSSR count). The Balaban J connectivity index is 2.19. The predicted molar refractivity (Wildman–Crippen MR) is 65.2 cm³/mol. The molecule has 0 bridgehead atoms. The van der Waals surface area contributed by atoms with Gasteiger partial charge in [0.1, 0.15) is 11.7 Å². The number of amides is 1. The number of benzene rings is 1. The van der Waals surface area contributed by atoms with Crippen LogP contribution in [0.5, 0.6) is 0 Å². The third kappa shape index (κ3) is 2.71. The second-order valence-electron chi connectivity index (χ2n) is 4.74. The Kier molecular flexibility index (Phi) is 4.15. The number of carbonyl (C=O) groups is 1. The first-order chi connectivity index (χ1) is 9.41. The second kappa shape index (κ2) is 5.68. The third-order valence-corrected chi connectivity index (χ3v) is 3.26. The average molecular weight is 290 g/mol. The molecule has 0 aliphatic carbocycles. The smallest absolute Gasteiger partial charge is 0.244 e. The number of likely N-dealkylation sites (tertiary alicyclic amines) is 1. The summed E-state index contributed by atoms with van der Waals surface area (Å²) < 4.78 is 53.1. The van der Waals surface area contributed by atoms with Crippen molar-refractivity contribution in [3.63, 3.8) is 0 Å². The number of hydrogen-bond acceptors (Lipinski definition) is 2. The molecular formula is C13H14F4N2O. The number of carbonyl (C=O) groups excluding carboxylic acids is 1. The molecule has 110 valence electrons. The summed E-state index contributed by atoms with van der Waals surface area (Å²) in [5, 5.41) is 2.22. The molecule has 1 saturated heterocycles. The molecule has 3 nitrogen and oxygen atoms in total. The van der Waals surface area contributed by atoms with E-state index in [-0.39, 0.29) is 12.0 Å². The van der Waals surface area contributed by atoms with Crippen molar-refractivity contribution in [3.8, 4) is 0 Å². The summed E-state index contributed by atoms with van der Waals surface area (Å²) in [5.41, 5.74) is -0.956. The molecule has 7 heteroatoms. The number of rotatable bonds is 3. The molecule has 1 amide bonds. The lowest BCUT2D eigenvalue weighted by atomic mass is 10.2. The first-order valence-electron chi connectivity index (χ1n) is 6.30. The average Bonchev–Trinajstić information content (AvgIpc) is 2.94. The van der Waals surface area contributed by atoms with Gasteiger partial charge in [-0.15, -0.1) is 0 Å². The standard InChI is InChI=1S/C13H14F4N2O/c1-7(13(20)19-4-2-3-5-19)18-12-10(16)8(14)6-9(15)11(12)17/h6-7,18H,2-5H2,1H3. The van der Waals surface area contributed by atoms with Gasteiger partial charge in [-0.2, -0.15) is 0 Å². The summed E-state index contributed by atoms with van der Waals surface area (Å²) in [4.78, 5) is 13.5. The summed E-state index contributed by atoms with van der Waals surface area (Å²) in [5.74, 6) is -6.44. The van der Waals surface area contributed by atoms with E-state index >= 15 is 0 Å². The van der Waals surface area contributed by atoms with Crippen LogP contribution in [0.15, 0.2) is 6.07 Å². The van der Waals surface area contributed by atoms with Crippen molar-refractivity contribution in [2.24, 2.45) is 0 Å². The highest BCUT2D eigenvalue weighted by Crippen LogP contribution is 2.25. The Labute approximate surface area is 113 Å². The van der Waals surface area contributed by atoms with Gasteiger partial charge in [-0.25, -0.2) is 17.6 Å². The van der Waals surface area contributed by atoms with Crippen LogP contribution >= 0.6 is 0 Å². The van der Waals surface area contributed by atoms with E-state index in [1.54, 1.807) is 4.90 Å². The topological polar surface area (TPSA) is 32.3 Å². The number of hydrogen-bond donors (Lipinski definition) is 1. The molecule has 0 aromatic heterocycles. The molecular weight excluding hydrogens is 276 g/mol. The lowest BCUT2D eigenvalue weighted by Gasteiger charge is -2.22. The highest BCUT2D eigenvalue weighted by molar-refractivity contribution is 5.84. The van der Waals surface area contributed by atoms with Crippen LogP contribution in [0, 0.1) is 23.3 Å². The maximum atomic E-state index is 13.5. The highest BCUT2D eigenvalue weighted by atomic mass is 19.2. The molecule has 0 radical (unpaired) electrons. The van der Waals surface area contributed by atoms with E-state index in [1.165, 1.54) is 6.92 Å². The van der Waals surface area contributed by atoms with Crippen LogP contribution in [0.1, 0.15) is 19.8 Å². The maximum Gasteiger partial charge on any atom is 0.244 e. The van der Waals surface area contributed by atoms with Crippen molar-refractivity contribution >= 4 is 11.6 Å². The summed E-state index contributed by atoms with van der Waals surface area (Å²) in [7, 11) is 0. The van der Waals surface area contributed by atoms with Crippen molar-refractivity contribution < 1.29 is 22.4 Å². The third-order valence-electron chi connectivity index (χ3n) is 3.26. The molecule has 1 aliphatic heterocycles. The molecule has 0 saturated carbocycles. The molecule has 1 unspecified atom stereocenters. The maximum absolute atomic E-state index is 13.5. The molecule has 1 aliphatic rings. The van der Waals surface area contributed by atoms with E-state index in [2.05, 4.69) is 5.32 Å². The summed E-state index contributed by atoms with van der Waals surface area (Å²) in [6.07, 6.45) is 1.74. The first-order valence-corrected chi connectivity index (χ1v) is 6.30. The van der Waals surface area contributed by atoms with Crippen molar-refractivity contribution in [1.82, 2.24) is 4.90 Å². The number of nitrogens with zero attached hydrogens (tertiary/aromatic N) is 1. The van der Waals surface area contributed by atoms with Gasteiger partial charge >= 0.3 is 0 Å². The minimum atomic E-state index is -1.54. The first kappa shape index (κ1) is 14.6. The van der Waals surface area contributed by atoms with Gasteiger partial charge in [-0.1, -0.05) is 0 Å². The van der Waals surface area contributed by atoms with E-state index < -0.39 is 35.0 Å². The van der Waals surface area contributed by atoms with Crippen molar-refractivity contribution in [3.05, 3.63) is 29.3 Å². The molecule has 1 aromatic rings. The van der Waals surface area contributed by atoms with Crippen LogP contribution in [0.2, 0.25) is 0 Å². The van der Waals surface area contributed by atoms with Crippen LogP contribution in [0.25, 0.3) is 0 Å². The summed E-state index contributed by atoms with van der Waals surface area (Å²) in [6.45, 7) is 2.54. The molecule has 1 atom stereocenters. The number of anilines is 1. The summed E-state index contributed by atoms with van der Waals surface area (Å²) in [6, 6.07) is -0.846. The van der Waals surface area contributed by atoms with Gasteiger partial charge in [0.15, 0.2) is 23.3 Å². The van der Waals surface area contributed by atoms with E-state index in [4.69, 9.17) is 0 Å². The zero-order valence-electron chi connectivity index (χ0n) is 10.9. The highest BCUT2D eigenvalue weighted by Gasteiger charge is 2.26. The molecule has 1 aromatic carbocycles. The molecule has 1 heterocycles. The molecule has 1 N–H and O–H groups in total. The van der Waals surface area contributed by atoms with Gasteiger partial charge in [-0.3, -0.25) is 4.79 Å². The summed E-state index contributed by atoms with van der Waals surface area (Å²) >= 11 is 0. The van der Waals surface area contributed by atoms with E-state index in [9.17, 15) is 22.4 Å². The lowest BCUT2D eigenvalue weighted by molar-refractivity contribution is -0.130. The lowest BCUT2D eigenvalue weighted by Crippen LogP contribution is -2.40. The Morgan fingerprint density at radius 2 is 1.65 bits per heavy atom. The van der Waals surface area contributed by atoms with Crippen LogP contribution in [0.4, 0.5) is 23.2 Å². The second-order valence-corrected chi connectivity index (χ2v) is 4.74.